The molecule has 1 aromatic heterocycles. The number of anilines is 1. The smallest absolute Gasteiger partial charge is 0.251 e. The average Bonchev–Trinajstić information content (AvgIpc) is 3.31. The van der Waals surface area contributed by atoms with E-state index in [0.29, 0.717) is 28.6 Å². The van der Waals surface area contributed by atoms with Gasteiger partial charge in [-0.1, -0.05) is 6.07 Å². The summed E-state index contributed by atoms with van der Waals surface area (Å²) in [5, 5.41) is 16.8. The van der Waals surface area contributed by atoms with Crippen molar-refractivity contribution in [3.8, 4) is 23.1 Å². The zero-order chi connectivity index (χ0) is 24.3. The molecule has 174 valence electrons. The molecule has 2 heterocycles. The van der Waals surface area contributed by atoms with E-state index in [0.717, 1.165) is 11.1 Å². The second-order valence-corrected chi connectivity index (χ2v) is 8.78. The van der Waals surface area contributed by atoms with E-state index in [9.17, 15) is 19.2 Å². The van der Waals surface area contributed by atoms with Gasteiger partial charge in [0.25, 0.3) is 5.91 Å². The van der Waals surface area contributed by atoms with Gasteiger partial charge in [0.15, 0.2) is 16.7 Å². The summed E-state index contributed by atoms with van der Waals surface area (Å²) < 4.78 is 24.1. The summed E-state index contributed by atoms with van der Waals surface area (Å²) in [4.78, 5) is 29.3. The maximum absolute atomic E-state index is 13.6. The van der Waals surface area contributed by atoms with Gasteiger partial charge in [0, 0.05) is 16.5 Å². The van der Waals surface area contributed by atoms with Gasteiger partial charge in [-0.25, -0.2) is 9.37 Å². The number of amides is 2. The molecule has 0 bridgehead atoms. The van der Waals surface area contributed by atoms with Crippen LogP contribution in [0.3, 0.4) is 0 Å². The minimum Gasteiger partial charge on any atom is -0.494 e. The first-order valence-electron chi connectivity index (χ1n) is 10.3. The number of nitrogens with one attached hydrogen (secondary N) is 2. The molecule has 1 aliphatic rings. The zero-order valence-electron chi connectivity index (χ0n) is 18.5. The fourth-order valence-corrected chi connectivity index (χ4v) is 4.34. The number of hydrogen-bond acceptors (Lipinski definition) is 7. The molecule has 2 aromatic carbocycles. The zero-order valence-corrected chi connectivity index (χ0v) is 19.3. The van der Waals surface area contributed by atoms with Crippen LogP contribution < -0.4 is 15.4 Å². The summed E-state index contributed by atoms with van der Waals surface area (Å²) in [5.41, 5.74) is 2.34. The molecular formula is C24H21FN4O4S. The standard InChI is InChI=1S/C24H21FN4O4S/c1-24(12-26)13-33-10-16-4-3-15(7-17(16)24)22(31)27-9-21(30)29-23-28-19(11-34-23)14-5-6-18(25)20(8-14)32-2/h3-8,11H,9-10,13H2,1-2H3,(H,27,31)(H,28,29,30)/t24-/m1/s1. The van der Waals surface area contributed by atoms with Gasteiger partial charge in [0.2, 0.25) is 5.91 Å². The molecule has 3 aromatic rings. The predicted molar refractivity (Wildman–Crippen MR) is 124 cm³/mol. The van der Waals surface area contributed by atoms with Gasteiger partial charge in [-0.3, -0.25) is 9.59 Å². The number of nitrogens with zero attached hydrogens (tertiary/aromatic N) is 2. The predicted octanol–water partition coefficient (Wildman–Crippen LogP) is 3.64. The van der Waals surface area contributed by atoms with E-state index in [1.54, 1.807) is 36.6 Å². The Bertz CT molecular complexity index is 1300. The van der Waals surface area contributed by atoms with E-state index in [1.165, 1.54) is 30.6 Å². The van der Waals surface area contributed by atoms with Crippen LogP contribution in [0.25, 0.3) is 11.3 Å². The lowest BCUT2D eigenvalue weighted by Gasteiger charge is -2.30. The second-order valence-electron chi connectivity index (χ2n) is 7.93. The Kier molecular flexibility index (Phi) is 6.58. The van der Waals surface area contributed by atoms with Gasteiger partial charge in [0.1, 0.15) is 5.41 Å². The summed E-state index contributed by atoms with van der Waals surface area (Å²) in [7, 11) is 1.38. The SMILES string of the molecule is COc1cc(-c2csc(NC(=O)CNC(=O)c3ccc4c(c3)[C@](C)(C#N)COC4)n2)ccc1F. The third-order valence-electron chi connectivity index (χ3n) is 5.47. The van der Waals surface area contributed by atoms with E-state index >= 15 is 0 Å². The largest absolute Gasteiger partial charge is 0.494 e. The van der Waals surface area contributed by atoms with E-state index in [2.05, 4.69) is 21.7 Å². The molecule has 0 saturated carbocycles. The number of ether oxygens (including phenoxy) is 2. The van der Waals surface area contributed by atoms with Crippen molar-refractivity contribution in [2.75, 3.05) is 25.6 Å². The molecule has 8 nitrogen and oxygen atoms in total. The minimum absolute atomic E-state index is 0.101. The van der Waals surface area contributed by atoms with Crippen molar-refractivity contribution >= 4 is 28.3 Å². The third kappa shape index (κ3) is 4.76. The first-order chi connectivity index (χ1) is 16.3. The van der Waals surface area contributed by atoms with Gasteiger partial charge in [-0.05, 0) is 48.4 Å². The van der Waals surface area contributed by atoms with Crippen molar-refractivity contribution in [1.82, 2.24) is 10.3 Å². The average molecular weight is 481 g/mol. The van der Waals surface area contributed by atoms with E-state index in [1.807, 2.05) is 0 Å². The van der Waals surface area contributed by atoms with Gasteiger partial charge in [0.05, 0.1) is 38.6 Å². The maximum atomic E-state index is 13.6. The number of thiazole rings is 1. The summed E-state index contributed by atoms with van der Waals surface area (Å²) in [6.07, 6.45) is 0. The minimum atomic E-state index is -0.835. The fraction of sp³-hybridized carbons (Fsp3) is 0.250. The normalized spacial score (nSPS) is 16.8. The van der Waals surface area contributed by atoms with Crippen molar-refractivity contribution in [3.05, 3.63) is 64.3 Å². The summed E-state index contributed by atoms with van der Waals surface area (Å²) in [6, 6.07) is 11.7. The number of hydrogen-bond donors (Lipinski definition) is 2. The highest BCUT2D eigenvalue weighted by molar-refractivity contribution is 7.14. The van der Waals surface area contributed by atoms with Crippen LogP contribution in [0.5, 0.6) is 5.75 Å². The lowest BCUT2D eigenvalue weighted by atomic mass is 9.79. The number of methoxy groups -OCH3 is 1. The summed E-state index contributed by atoms with van der Waals surface area (Å²) in [5.74, 6) is -1.25. The van der Waals surface area contributed by atoms with Crippen molar-refractivity contribution in [2.24, 2.45) is 0 Å². The van der Waals surface area contributed by atoms with E-state index in [-0.39, 0.29) is 18.9 Å². The van der Waals surface area contributed by atoms with Crippen LogP contribution in [0, 0.1) is 17.1 Å². The Labute approximate surface area is 199 Å². The molecule has 1 atom stereocenters. The Morgan fingerprint density at radius 1 is 1.32 bits per heavy atom. The topological polar surface area (TPSA) is 113 Å². The van der Waals surface area contributed by atoms with Crippen molar-refractivity contribution < 1.29 is 23.5 Å². The molecule has 0 unspecified atom stereocenters. The molecule has 0 aliphatic carbocycles. The molecule has 1 aliphatic heterocycles. The summed E-state index contributed by atoms with van der Waals surface area (Å²) in [6.45, 7) is 2.15. The second kappa shape index (κ2) is 9.59. The number of halogens is 1. The maximum Gasteiger partial charge on any atom is 0.251 e. The van der Waals surface area contributed by atoms with Crippen molar-refractivity contribution in [2.45, 2.75) is 18.9 Å². The fourth-order valence-electron chi connectivity index (χ4n) is 3.60. The Balaban J connectivity index is 1.37. The molecule has 0 spiro atoms. The quantitative estimate of drug-likeness (QED) is 0.557. The number of fused-ring (bicyclic) bond motifs is 1. The molecule has 0 saturated heterocycles. The summed E-state index contributed by atoms with van der Waals surface area (Å²) >= 11 is 1.21. The Morgan fingerprint density at radius 3 is 2.91 bits per heavy atom. The van der Waals surface area contributed by atoms with Crippen LogP contribution in [-0.4, -0.2) is 37.1 Å². The first kappa shape index (κ1) is 23.4. The molecule has 2 amide bonds. The third-order valence-corrected chi connectivity index (χ3v) is 6.23. The molecule has 34 heavy (non-hydrogen) atoms. The number of carbonyl (C=O) groups excluding carboxylic acids is 2. The van der Waals surface area contributed by atoms with Crippen LogP contribution in [0.1, 0.15) is 28.4 Å². The number of carbonyl (C=O) groups is 2. The van der Waals surface area contributed by atoms with Crippen LogP contribution >= 0.6 is 11.3 Å². The number of nitriles is 1. The van der Waals surface area contributed by atoms with Crippen LogP contribution in [0.15, 0.2) is 41.8 Å². The van der Waals surface area contributed by atoms with Crippen LogP contribution in [0.4, 0.5) is 9.52 Å². The lowest BCUT2D eigenvalue weighted by Crippen LogP contribution is -2.34. The van der Waals surface area contributed by atoms with Crippen LogP contribution in [-0.2, 0) is 21.6 Å². The molecule has 2 N–H and O–H groups in total. The lowest BCUT2D eigenvalue weighted by molar-refractivity contribution is -0.115. The number of benzene rings is 2. The van der Waals surface area contributed by atoms with Crippen molar-refractivity contribution in [3.63, 3.8) is 0 Å². The molecule has 10 heteroatoms. The van der Waals surface area contributed by atoms with E-state index in [4.69, 9.17) is 9.47 Å². The van der Waals surface area contributed by atoms with E-state index < -0.39 is 23.0 Å². The molecule has 0 radical (unpaired) electrons. The Hall–Kier alpha value is -3.81. The highest BCUT2D eigenvalue weighted by Crippen LogP contribution is 2.32. The van der Waals surface area contributed by atoms with Gasteiger partial charge < -0.3 is 20.1 Å². The molecule has 4 rings (SSSR count). The van der Waals surface area contributed by atoms with Crippen molar-refractivity contribution in [1.29, 1.82) is 5.26 Å². The monoisotopic (exact) mass is 480 g/mol. The highest BCUT2D eigenvalue weighted by atomic mass is 32.1. The Morgan fingerprint density at radius 2 is 2.15 bits per heavy atom. The van der Waals surface area contributed by atoms with Gasteiger partial charge in [-0.2, -0.15) is 5.26 Å². The van der Waals surface area contributed by atoms with Crippen LogP contribution in [0.2, 0.25) is 0 Å². The van der Waals surface area contributed by atoms with Gasteiger partial charge in [-0.15, -0.1) is 11.3 Å². The highest BCUT2D eigenvalue weighted by Gasteiger charge is 2.33. The molecule has 0 fully saturated rings. The first-order valence-corrected chi connectivity index (χ1v) is 11.2. The number of rotatable bonds is 6. The van der Waals surface area contributed by atoms with Gasteiger partial charge >= 0.3 is 0 Å². The number of aromatic nitrogens is 1. The molecular weight excluding hydrogens is 459 g/mol.